The first-order valence-electron chi connectivity index (χ1n) is 10.6. The number of nitrogens with zero attached hydrogens (tertiary/aromatic N) is 8. The second kappa shape index (κ2) is 8.46. The van der Waals surface area contributed by atoms with Gasteiger partial charge in [-0.2, -0.15) is 4.98 Å². The van der Waals surface area contributed by atoms with Gasteiger partial charge in [-0.15, -0.1) is 10.2 Å². The first-order valence-corrected chi connectivity index (χ1v) is 10.6. The summed E-state index contributed by atoms with van der Waals surface area (Å²) in [5.74, 6) is 0.839. The number of rotatable bonds is 6. The molecule has 0 saturated carbocycles. The third-order valence-corrected chi connectivity index (χ3v) is 5.75. The van der Waals surface area contributed by atoms with Crippen LogP contribution < -0.4 is 10.6 Å². The van der Waals surface area contributed by atoms with Crippen LogP contribution in [0.2, 0.25) is 0 Å². The maximum Gasteiger partial charge on any atom is 0.258 e. The van der Waals surface area contributed by atoms with Gasteiger partial charge >= 0.3 is 0 Å². The molecule has 10 nitrogen and oxygen atoms in total. The normalized spacial score (nSPS) is 19.6. The van der Waals surface area contributed by atoms with Gasteiger partial charge in [-0.25, -0.2) is 27.4 Å². The van der Waals surface area contributed by atoms with E-state index in [1.165, 1.54) is 0 Å². The van der Waals surface area contributed by atoms with Crippen LogP contribution in [0.4, 0.5) is 24.9 Å². The van der Waals surface area contributed by atoms with Crippen molar-refractivity contribution in [3.63, 3.8) is 0 Å². The van der Waals surface area contributed by atoms with Crippen LogP contribution in [-0.2, 0) is 6.54 Å². The lowest BCUT2D eigenvalue weighted by molar-refractivity contribution is 0.122. The minimum Gasteiger partial charge on any atom is -0.371 e. The Labute approximate surface area is 186 Å². The molecule has 0 bridgehead atoms. The predicted molar refractivity (Wildman–Crippen MR) is 117 cm³/mol. The number of alkyl halides is 3. The second-order valence-electron chi connectivity index (χ2n) is 8.08. The number of aromatic nitrogens is 7. The van der Waals surface area contributed by atoms with Gasteiger partial charge in [0.15, 0.2) is 11.5 Å². The Morgan fingerprint density at radius 2 is 2.06 bits per heavy atom. The molecule has 33 heavy (non-hydrogen) atoms. The standard InChI is InChI=1S/C20H23F3N10/c1-24-18-17-11(13-3-4-15-19(25-13)33(30-28-15)10-16(22)23)5-8-32(17)29-20(27-18)26-14-6-7-31(2)9-12(14)21/h3-5,8,12,14,16H,6-7,9-10H2,1-2H3,(H2,24,26,27,29)/t12-,14+/m0/s1. The van der Waals surface area contributed by atoms with E-state index in [0.717, 1.165) is 11.2 Å². The molecule has 0 aliphatic carbocycles. The van der Waals surface area contributed by atoms with Crippen LogP contribution in [0.5, 0.6) is 0 Å². The van der Waals surface area contributed by atoms with Crippen molar-refractivity contribution in [1.82, 2.24) is 39.5 Å². The second-order valence-corrected chi connectivity index (χ2v) is 8.08. The average Bonchev–Trinajstić information content (AvgIpc) is 3.39. The molecule has 5 heterocycles. The van der Waals surface area contributed by atoms with Crippen LogP contribution in [-0.4, -0.2) is 85.3 Å². The quantitative estimate of drug-likeness (QED) is 0.452. The lowest BCUT2D eigenvalue weighted by atomic mass is 10.0. The molecule has 13 heteroatoms. The van der Waals surface area contributed by atoms with Crippen LogP contribution in [0.15, 0.2) is 24.4 Å². The van der Waals surface area contributed by atoms with Crippen molar-refractivity contribution in [1.29, 1.82) is 0 Å². The van der Waals surface area contributed by atoms with Crippen molar-refractivity contribution < 1.29 is 13.2 Å². The fourth-order valence-corrected chi connectivity index (χ4v) is 4.11. The van der Waals surface area contributed by atoms with Gasteiger partial charge in [0.1, 0.15) is 23.7 Å². The van der Waals surface area contributed by atoms with Crippen LogP contribution in [0, 0.1) is 0 Å². The van der Waals surface area contributed by atoms with E-state index in [1.54, 1.807) is 29.9 Å². The molecule has 174 valence electrons. The molecule has 5 rings (SSSR count). The first kappa shape index (κ1) is 21.4. The molecule has 0 spiro atoms. The third-order valence-electron chi connectivity index (χ3n) is 5.75. The van der Waals surface area contributed by atoms with Gasteiger partial charge in [0.25, 0.3) is 6.43 Å². The highest BCUT2D eigenvalue weighted by Crippen LogP contribution is 2.30. The Hall–Kier alpha value is -3.48. The lowest BCUT2D eigenvalue weighted by Crippen LogP contribution is -2.46. The number of halogens is 3. The van der Waals surface area contributed by atoms with Gasteiger partial charge in [0, 0.05) is 31.9 Å². The fraction of sp³-hybridized carbons (Fsp3) is 0.450. The van der Waals surface area contributed by atoms with Crippen molar-refractivity contribution in [2.45, 2.75) is 31.6 Å². The molecule has 1 aliphatic rings. The Bertz CT molecular complexity index is 1290. The van der Waals surface area contributed by atoms with E-state index >= 15 is 0 Å². The summed E-state index contributed by atoms with van der Waals surface area (Å²) in [6, 6.07) is 4.88. The van der Waals surface area contributed by atoms with Crippen molar-refractivity contribution in [2.75, 3.05) is 37.8 Å². The fourth-order valence-electron chi connectivity index (χ4n) is 4.11. The van der Waals surface area contributed by atoms with E-state index in [-0.39, 0.29) is 11.7 Å². The van der Waals surface area contributed by atoms with Crippen LogP contribution >= 0.6 is 0 Å². The first-order chi connectivity index (χ1) is 15.9. The Kier molecular flexibility index (Phi) is 5.48. The van der Waals surface area contributed by atoms with Gasteiger partial charge in [-0.3, -0.25) is 0 Å². The lowest BCUT2D eigenvalue weighted by Gasteiger charge is -2.32. The topological polar surface area (TPSA) is 101 Å². The molecule has 2 N–H and O–H groups in total. The summed E-state index contributed by atoms with van der Waals surface area (Å²) in [7, 11) is 3.63. The predicted octanol–water partition coefficient (Wildman–Crippen LogP) is 2.30. The van der Waals surface area contributed by atoms with Gasteiger partial charge in [0.2, 0.25) is 5.95 Å². The summed E-state index contributed by atoms with van der Waals surface area (Å²) in [6.45, 7) is 0.561. The largest absolute Gasteiger partial charge is 0.371 e. The molecule has 1 aliphatic heterocycles. The van der Waals surface area contributed by atoms with Crippen molar-refractivity contribution >= 4 is 28.4 Å². The Morgan fingerprint density at radius 3 is 2.82 bits per heavy atom. The van der Waals surface area contributed by atoms with Gasteiger partial charge in [0.05, 0.1) is 11.7 Å². The van der Waals surface area contributed by atoms with E-state index < -0.39 is 19.1 Å². The zero-order chi connectivity index (χ0) is 23.1. The number of fused-ring (bicyclic) bond motifs is 2. The van der Waals surface area contributed by atoms with Crippen molar-refractivity contribution in [2.24, 2.45) is 0 Å². The third kappa shape index (κ3) is 4.03. The molecule has 0 radical (unpaired) electrons. The molecule has 1 fully saturated rings. The molecule has 4 aromatic heterocycles. The SMILES string of the molecule is CNc1nc(N[C@@H]2CCN(C)C[C@@H]2F)nn2ccc(-c3ccc4nnn(CC(F)F)c4n3)c12. The molecule has 0 aromatic carbocycles. The number of likely N-dealkylation sites (tertiary alicyclic amines) is 1. The summed E-state index contributed by atoms with van der Waals surface area (Å²) in [5.41, 5.74) is 2.61. The zero-order valence-electron chi connectivity index (χ0n) is 18.1. The Morgan fingerprint density at radius 1 is 1.21 bits per heavy atom. The van der Waals surface area contributed by atoms with Crippen LogP contribution in [0.1, 0.15) is 6.42 Å². The summed E-state index contributed by atoms with van der Waals surface area (Å²) in [6.07, 6.45) is -1.20. The minimum absolute atomic E-state index is 0.272. The zero-order valence-corrected chi connectivity index (χ0v) is 18.1. The van der Waals surface area contributed by atoms with E-state index in [4.69, 9.17) is 0 Å². The highest BCUT2D eigenvalue weighted by atomic mass is 19.3. The van der Waals surface area contributed by atoms with Crippen molar-refractivity contribution in [3.8, 4) is 11.3 Å². The summed E-state index contributed by atoms with van der Waals surface area (Å²) < 4.78 is 43.0. The number of hydrogen-bond acceptors (Lipinski definition) is 8. The molecular weight excluding hydrogens is 437 g/mol. The summed E-state index contributed by atoms with van der Waals surface area (Å²) in [4.78, 5) is 11.0. The van der Waals surface area contributed by atoms with E-state index in [2.05, 4.69) is 36.0 Å². The van der Waals surface area contributed by atoms with E-state index in [1.807, 2.05) is 18.0 Å². The van der Waals surface area contributed by atoms with E-state index in [0.29, 0.717) is 47.0 Å². The molecule has 4 aromatic rings. The highest BCUT2D eigenvalue weighted by Gasteiger charge is 2.28. The number of pyridine rings is 1. The van der Waals surface area contributed by atoms with Crippen LogP contribution in [0.25, 0.3) is 27.9 Å². The van der Waals surface area contributed by atoms with Gasteiger partial charge < -0.3 is 15.5 Å². The molecule has 0 amide bonds. The van der Waals surface area contributed by atoms with Gasteiger partial charge in [-0.05, 0) is 31.7 Å². The number of anilines is 2. The highest BCUT2D eigenvalue weighted by molar-refractivity contribution is 5.89. The number of piperidine rings is 1. The minimum atomic E-state index is -2.57. The molecule has 0 unspecified atom stereocenters. The molecule has 2 atom stereocenters. The smallest absolute Gasteiger partial charge is 0.258 e. The average molecular weight is 460 g/mol. The van der Waals surface area contributed by atoms with E-state index in [9.17, 15) is 13.2 Å². The maximum atomic E-state index is 14.5. The monoisotopic (exact) mass is 460 g/mol. The maximum absolute atomic E-state index is 14.5. The van der Waals surface area contributed by atoms with Crippen LogP contribution in [0.3, 0.4) is 0 Å². The number of hydrogen-bond donors (Lipinski definition) is 2. The summed E-state index contributed by atoms with van der Waals surface area (Å²) in [5, 5.41) is 18.4. The summed E-state index contributed by atoms with van der Waals surface area (Å²) >= 11 is 0. The number of nitrogens with one attached hydrogen (secondary N) is 2. The van der Waals surface area contributed by atoms with Gasteiger partial charge in [-0.1, -0.05) is 5.21 Å². The molecular formula is C20H23F3N10. The van der Waals surface area contributed by atoms with Crippen molar-refractivity contribution in [3.05, 3.63) is 24.4 Å². The Balaban J connectivity index is 1.51. The molecule has 1 saturated heterocycles.